The van der Waals surface area contributed by atoms with E-state index in [1.54, 1.807) is 37.4 Å². The van der Waals surface area contributed by atoms with Crippen LogP contribution in [0.15, 0.2) is 36.4 Å². The number of carbonyl (C=O) groups is 2. The number of ether oxygens (including phenoxy) is 1. The molecule has 30 heavy (non-hydrogen) atoms. The van der Waals surface area contributed by atoms with Crippen molar-refractivity contribution in [2.45, 2.75) is 25.8 Å². The van der Waals surface area contributed by atoms with E-state index in [0.717, 1.165) is 31.5 Å². The SMILES string of the molecule is COc1ccc(CNC(=O)c2cc(Cl)ccc2NC(=O)CN2CCCCC2)cc1Cl. The highest BCUT2D eigenvalue weighted by atomic mass is 35.5. The molecule has 0 aromatic heterocycles. The Morgan fingerprint density at radius 2 is 1.83 bits per heavy atom. The van der Waals surface area contributed by atoms with E-state index < -0.39 is 0 Å². The zero-order valence-corrected chi connectivity index (χ0v) is 18.4. The van der Waals surface area contributed by atoms with Crippen LogP contribution in [0, 0.1) is 0 Å². The smallest absolute Gasteiger partial charge is 0.253 e. The molecule has 1 heterocycles. The number of nitrogens with one attached hydrogen (secondary N) is 2. The van der Waals surface area contributed by atoms with Gasteiger partial charge >= 0.3 is 0 Å². The van der Waals surface area contributed by atoms with Crippen LogP contribution in [0.25, 0.3) is 0 Å². The average Bonchev–Trinajstić information content (AvgIpc) is 2.74. The van der Waals surface area contributed by atoms with Gasteiger partial charge in [-0.25, -0.2) is 0 Å². The summed E-state index contributed by atoms with van der Waals surface area (Å²) in [7, 11) is 1.54. The molecule has 0 bridgehead atoms. The minimum Gasteiger partial charge on any atom is -0.495 e. The summed E-state index contributed by atoms with van der Waals surface area (Å²) in [4.78, 5) is 27.4. The van der Waals surface area contributed by atoms with Gasteiger partial charge in [0.1, 0.15) is 5.75 Å². The Hall–Kier alpha value is -2.28. The third kappa shape index (κ3) is 6.11. The van der Waals surface area contributed by atoms with Gasteiger partial charge in [0.05, 0.1) is 29.9 Å². The molecule has 2 amide bonds. The van der Waals surface area contributed by atoms with Gasteiger partial charge in [-0.1, -0.05) is 35.7 Å². The van der Waals surface area contributed by atoms with Crippen LogP contribution < -0.4 is 15.4 Å². The highest BCUT2D eigenvalue weighted by Gasteiger charge is 2.17. The third-order valence-corrected chi connectivity index (χ3v) is 5.52. The first-order valence-corrected chi connectivity index (χ1v) is 10.6. The number of methoxy groups -OCH3 is 1. The van der Waals surface area contributed by atoms with Crippen LogP contribution in [0.1, 0.15) is 35.2 Å². The van der Waals surface area contributed by atoms with Gasteiger partial charge in [0.15, 0.2) is 0 Å². The Kier molecular flexibility index (Phi) is 7.96. The van der Waals surface area contributed by atoms with Gasteiger partial charge in [0.2, 0.25) is 5.91 Å². The zero-order chi connectivity index (χ0) is 21.5. The van der Waals surface area contributed by atoms with Gasteiger partial charge in [0, 0.05) is 11.6 Å². The number of hydrogen-bond donors (Lipinski definition) is 2. The minimum absolute atomic E-state index is 0.143. The molecule has 8 heteroatoms. The molecular formula is C22H25Cl2N3O3. The number of rotatable bonds is 7. The Labute approximate surface area is 186 Å². The molecule has 0 saturated carbocycles. The number of anilines is 1. The third-order valence-electron chi connectivity index (χ3n) is 4.99. The number of hydrogen-bond acceptors (Lipinski definition) is 4. The highest BCUT2D eigenvalue weighted by molar-refractivity contribution is 6.32. The molecule has 160 valence electrons. The molecule has 1 saturated heterocycles. The van der Waals surface area contributed by atoms with Crippen LogP contribution in [0.3, 0.4) is 0 Å². The molecule has 2 aromatic carbocycles. The van der Waals surface area contributed by atoms with Crippen LogP contribution >= 0.6 is 23.2 Å². The normalized spacial score (nSPS) is 14.2. The van der Waals surface area contributed by atoms with E-state index in [1.807, 2.05) is 6.07 Å². The summed E-state index contributed by atoms with van der Waals surface area (Å²) >= 11 is 12.2. The molecule has 1 aliphatic rings. The second kappa shape index (κ2) is 10.7. The minimum atomic E-state index is -0.335. The highest BCUT2D eigenvalue weighted by Crippen LogP contribution is 2.25. The summed E-state index contributed by atoms with van der Waals surface area (Å²) in [6.45, 7) is 2.43. The molecule has 0 radical (unpaired) electrons. The van der Waals surface area contributed by atoms with Gasteiger partial charge in [-0.2, -0.15) is 0 Å². The standard InChI is InChI=1S/C22H25Cl2N3O3/c1-30-20-8-5-15(11-18(20)24)13-25-22(29)17-12-16(23)6-7-19(17)26-21(28)14-27-9-3-2-4-10-27/h5-8,11-12H,2-4,9-10,13-14H2,1H3,(H,25,29)(H,26,28). The Bertz CT molecular complexity index is 914. The summed E-state index contributed by atoms with van der Waals surface area (Å²) in [5, 5.41) is 6.58. The monoisotopic (exact) mass is 449 g/mol. The molecule has 3 rings (SSSR count). The van der Waals surface area contributed by atoms with E-state index in [0.29, 0.717) is 33.6 Å². The van der Waals surface area contributed by atoms with Gasteiger partial charge in [-0.05, 0) is 61.8 Å². The Morgan fingerprint density at radius 1 is 1.07 bits per heavy atom. The first kappa shape index (κ1) is 22.4. The molecule has 0 aliphatic carbocycles. The first-order chi connectivity index (χ1) is 14.5. The number of carbonyl (C=O) groups excluding carboxylic acids is 2. The summed E-state index contributed by atoms with van der Waals surface area (Å²) in [6.07, 6.45) is 3.42. The molecule has 0 atom stereocenters. The van der Waals surface area contributed by atoms with Crippen molar-refractivity contribution in [1.29, 1.82) is 0 Å². The second-order valence-electron chi connectivity index (χ2n) is 7.23. The number of amides is 2. The van der Waals surface area contributed by atoms with Crippen molar-refractivity contribution in [3.8, 4) is 5.75 Å². The molecule has 1 aliphatic heterocycles. The summed E-state index contributed by atoms with van der Waals surface area (Å²) in [5.74, 6) is 0.0909. The van der Waals surface area contributed by atoms with E-state index in [4.69, 9.17) is 27.9 Å². The lowest BCUT2D eigenvalue weighted by atomic mass is 10.1. The van der Waals surface area contributed by atoms with Crippen molar-refractivity contribution in [3.05, 3.63) is 57.6 Å². The van der Waals surface area contributed by atoms with E-state index in [2.05, 4.69) is 15.5 Å². The van der Waals surface area contributed by atoms with E-state index >= 15 is 0 Å². The molecule has 1 fully saturated rings. The summed E-state index contributed by atoms with van der Waals surface area (Å²) in [5.41, 5.74) is 1.58. The van der Waals surface area contributed by atoms with Gasteiger partial charge < -0.3 is 15.4 Å². The molecule has 2 aromatic rings. The zero-order valence-electron chi connectivity index (χ0n) is 16.8. The number of halogens is 2. The predicted octanol–water partition coefficient (Wildman–Crippen LogP) is 4.36. The fraction of sp³-hybridized carbons (Fsp3) is 0.364. The van der Waals surface area contributed by atoms with Gasteiger partial charge in [-0.3, -0.25) is 14.5 Å². The van der Waals surface area contributed by atoms with Crippen molar-refractivity contribution in [2.24, 2.45) is 0 Å². The molecule has 0 unspecified atom stereocenters. The lowest BCUT2D eigenvalue weighted by molar-refractivity contribution is -0.117. The first-order valence-electron chi connectivity index (χ1n) is 9.88. The van der Waals surface area contributed by atoms with Gasteiger partial charge in [-0.15, -0.1) is 0 Å². The average molecular weight is 450 g/mol. The quantitative estimate of drug-likeness (QED) is 0.658. The summed E-state index contributed by atoms with van der Waals surface area (Å²) in [6, 6.07) is 10.2. The maximum atomic E-state index is 12.8. The lowest BCUT2D eigenvalue weighted by Crippen LogP contribution is -2.37. The number of piperidine rings is 1. The van der Waals surface area contributed by atoms with Crippen molar-refractivity contribution in [3.63, 3.8) is 0 Å². The molecule has 6 nitrogen and oxygen atoms in total. The number of nitrogens with zero attached hydrogens (tertiary/aromatic N) is 1. The van der Waals surface area contributed by atoms with Gasteiger partial charge in [0.25, 0.3) is 5.91 Å². The second-order valence-corrected chi connectivity index (χ2v) is 8.07. The van der Waals surface area contributed by atoms with Crippen LogP contribution in [-0.4, -0.2) is 43.5 Å². The van der Waals surface area contributed by atoms with Crippen LogP contribution in [0.2, 0.25) is 10.0 Å². The van der Waals surface area contributed by atoms with Crippen molar-refractivity contribution >= 4 is 40.7 Å². The maximum Gasteiger partial charge on any atom is 0.253 e. The van der Waals surface area contributed by atoms with Crippen LogP contribution in [0.4, 0.5) is 5.69 Å². The topological polar surface area (TPSA) is 70.7 Å². The largest absolute Gasteiger partial charge is 0.495 e. The molecular weight excluding hydrogens is 425 g/mol. The van der Waals surface area contributed by atoms with Crippen molar-refractivity contribution < 1.29 is 14.3 Å². The Morgan fingerprint density at radius 3 is 2.53 bits per heavy atom. The lowest BCUT2D eigenvalue weighted by Gasteiger charge is -2.25. The van der Waals surface area contributed by atoms with Crippen LogP contribution in [0.5, 0.6) is 5.75 Å². The van der Waals surface area contributed by atoms with E-state index in [9.17, 15) is 9.59 Å². The Balaban J connectivity index is 1.65. The van der Waals surface area contributed by atoms with Crippen molar-refractivity contribution in [1.82, 2.24) is 10.2 Å². The number of benzene rings is 2. The molecule has 0 spiro atoms. The van der Waals surface area contributed by atoms with E-state index in [1.165, 1.54) is 6.42 Å². The van der Waals surface area contributed by atoms with E-state index in [-0.39, 0.29) is 18.4 Å². The summed E-state index contributed by atoms with van der Waals surface area (Å²) < 4.78 is 5.14. The van der Waals surface area contributed by atoms with Crippen molar-refractivity contribution in [2.75, 3.05) is 32.1 Å². The molecule has 2 N–H and O–H groups in total. The fourth-order valence-corrected chi connectivity index (χ4v) is 3.87. The maximum absolute atomic E-state index is 12.8. The predicted molar refractivity (Wildman–Crippen MR) is 120 cm³/mol. The van der Waals surface area contributed by atoms with Crippen LogP contribution in [-0.2, 0) is 11.3 Å². The number of likely N-dealkylation sites (tertiary alicyclic amines) is 1. The fourth-order valence-electron chi connectivity index (χ4n) is 3.42.